The molecule has 266 valence electrons. The van der Waals surface area contributed by atoms with E-state index < -0.39 is 0 Å². The van der Waals surface area contributed by atoms with E-state index in [2.05, 4.69) is 121 Å². The molecule has 0 aliphatic rings. The maximum Gasteiger partial charge on any atom is 0.164 e. The molecule has 6 nitrogen and oxygen atoms in total. The highest BCUT2D eigenvalue weighted by molar-refractivity contribution is 6.14. The summed E-state index contributed by atoms with van der Waals surface area (Å²) in [4.78, 5) is 25.0. The Balaban J connectivity index is 0.925. The summed E-state index contributed by atoms with van der Waals surface area (Å²) in [5.74, 6) is 1.88. The monoisotopic (exact) mass is 729 g/mol. The van der Waals surface area contributed by atoms with Gasteiger partial charge in [0.2, 0.25) is 0 Å². The first kappa shape index (κ1) is 32.6. The fraction of sp³-hybridized carbons (Fsp3) is 0. The maximum atomic E-state index is 6.28. The molecule has 0 radical (unpaired) electrons. The van der Waals surface area contributed by atoms with Crippen LogP contribution in [0.15, 0.2) is 192 Å². The number of nitrogens with zero attached hydrogens (tertiary/aromatic N) is 5. The highest BCUT2D eigenvalue weighted by Crippen LogP contribution is 2.35. The van der Waals surface area contributed by atoms with Crippen molar-refractivity contribution in [2.75, 3.05) is 0 Å². The number of fused-ring (bicyclic) bond motifs is 6. The van der Waals surface area contributed by atoms with Crippen molar-refractivity contribution in [3.05, 3.63) is 188 Å². The Morgan fingerprint density at radius 1 is 0.281 bits per heavy atom. The molecule has 0 fully saturated rings. The summed E-state index contributed by atoms with van der Waals surface area (Å²) >= 11 is 0. The second-order valence-electron chi connectivity index (χ2n) is 14.1. The topological polar surface area (TPSA) is 77.6 Å². The van der Waals surface area contributed by atoms with Crippen LogP contribution in [0.4, 0.5) is 0 Å². The maximum absolute atomic E-state index is 6.28. The number of furan rings is 1. The summed E-state index contributed by atoms with van der Waals surface area (Å²) < 4.78 is 6.28. The Labute approximate surface area is 327 Å². The van der Waals surface area contributed by atoms with E-state index in [1.54, 1.807) is 0 Å². The van der Waals surface area contributed by atoms with Crippen molar-refractivity contribution in [1.82, 2.24) is 24.9 Å². The summed E-state index contributed by atoms with van der Waals surface area (Å²) in [6.45, 7) is 0. The molecular weight excluding hydrogens is 699 g/mol. The smallest absolute Gasteiger partial charge is 0.164 e. The minimum atomic E-state index is 0.620. The summed E-state index contributed by atoms with van der Waals surface area (Å²) in [7, 11) is 0. The van der Waals surface area contributed by atoms with E-state index in [0.29, 0.717) is 17.5 Å². The molecule has 0 N–H and O–H groups in total. The molecule has 3 aromatic heterocycles. The fourth-order valence-corrected chi connectivity index (χ4v) is 7.59. The quantitative estimate of drug-likeness (QED) is 0.159. The first-order valence-electron chi connectivity index (χ1n) is 18.9. The molecule has 0 unspecified atom stereocenters. The van der Waals surface area contributed by atoms with Gasteiger partial charge in [0.15, 0.2) is 23.1 Å². The van der Waals surface area contributed by atoms with Crippen molar-refractivity contribution >= 4 is 44.0 Å². The zero-order valence-electron chi connectivity index (χ0n) is 30.5. The molecule has 11 rings (SSSR count). The van der Waals surface area contributed by atoms with Crippen molar-refractivity contribution in [3.8, 4) is 67.5 Å². The van der Waals surface area contributed by atoms with Crippen LogP contribution in [0.25, 0.3) is 112 Å². The summed E-state index contributed by atoms with van der Waals surface area (Å²) in [6.07, 6.45) is 0. The van der Waals surface area contributed by atoms with Crippen LogP contribution in [0.3, 0.4) is 0 Å². The van der Waals surface area contributed by atoms with Crippen LogP contribution in [0, 0.1) is 0 Å². The molecule has 8 aromatic carbocycles. The molecular formula is C51H31N5O. The van der Waals surface area contributed by atoms with Crippen LogP contribution in [-0.4, -0.2) is 24.9 Å². The van der Waals surface area contributed by atoms with Gasteiger partial charge in [-0.2, -0.15) is 0 Å². The van der Waals surface area contributed by atoms with Gasteiger partial charge in [-0.05, 0) is 69.8 Å². The lowest BCUT2D eigenvalue weighted by Gasteiger charge is -2.11. The van der Waals surface area contributed by atoms with Gasteiger partial charge in [0.25, 0.3) is 0 Å². The van der Waals surface area contributed by atoms with E-state index in [-0.39, 0.29) is 0 Å². The van der Waals surface area contributed by atoms with Crippen molar-refractivity contribution in [1.29, 1.82) is 0 Å². The number of hydrogen-bond donors (Lipinski definition) is 0. The number of para-hydroxylation sites is 1. The van der Waals surface area contributed by atoms with E-state index >= 15 is 0 Å². The van der Waals surface area contributed by atoms with Gasteiger partial charge in [0.1, 0.15) is 11.1 Å². The third kappa shape index (κ3) is 5.97. The van der Waals surface area contributed by atoms with Crippen LogP contribution in [-0.2, 0) is 0 Å². The fourth-order valence-electron chi connectivity index (χ4n) is 7.59. The van der Waals surface area contributed by atoms with Crippen LogP contribution in [0.1, 0.15) is 0 Å². The molecule has 0 amide bonds. The average molecular weight is 730 g/mol. The number of hydrogen-bond acceptors (Lipinski definition) is 6. The molecule has 0 saturated heterocycles. The molecule has 0 saturated carbocycles. The Kier molecular flexibility index (Phi) is 7.71. The van der Waals surface area contributed by atoms with E-state index in [1.165, 1.54) is 5.56 Å². The van der Waals surface area contributed by atoms with Gasteiger partial charge in [0, 0.05) is 27.5 Å². The Hall–Kier alpha value is -7.83. The van der Waals surface area contributed by atoms with E-state index in [9.17, 15) is 0 Å². The Morgan fingerprint density at radius 2 is 0.772 bits per heavy atom. The zero-order valence-corrected chi connectivity index (χ0v) is 30.5. The number of benzene rings is 8. The van der Waals surface area contributed by atoms with Crippen molar-refractivity contribution in [3.63, 3.8) is 0 Å². The summed E-state index contributed by atoms with van der Waals surface area (Å²) in [5.41, 5.74) is 14.3. The minimum Gasteiger partial charge on any atom is -0.454 e. The molecule has 0 aliphatic carbocycles. The second kappa shape index (κ2) is 13.5. The lowest BCUT2D eigenvalue weighted by Crippen LogP contribution is -2.00. The molecule has 0 aliphatic heterocycles. The van der Waals surface area contributed by atoms with E-state index in [1.807, 2.05) is 66.7 Å². The lowest BCUT2D eigenvalue weighted by atomic mass is 9.98. The van der Waals surface area contributed by atoms with Gasteiger partial charge in [-0.15, -0.1) is 0 Å². The minimum absolute atomic E-state index is 0.620. The first-order valence-corrected chi connectivity index (χ1v) is 18.9. The van der Waals surface area contributed by atoms with Crippen molar-refractivity contribution in [2.45, 2.75) is 0 Å². The van der Waals surface area contributed by atoms with Crippen LogP contribution >= 0.6 is 0 Å². The summed E-state index contributed by atoms with van der Waals surface area (Å²) in [5, 5.41) is 2.12. The molecule has 3 heterocycles. The van der Waals surface area contributed by atoms with Gasteiger partial charge in [0.05, 0.1) is 16.6 Å². The molecule has 0 atom stereocenters. The van der Waals surface area contributed by atoms with E-state index in [0.717, 1.165) is 88.5 Å². The predicted octanol–water partition coefficient (Wildman–Crippen LogP) is 12.9. The SMILES string of the molecule is c1ccc(-c2ccc(-c3nc(-c4ccccc4)nc(-c4cccc(-c5ccc(-c6ccc7nc8ccc9c%10ccccc%10oc9c8nc7c6)cc5)c4)n3)cc2)cc1. The average Bonchev–Trinajstić information content (AvgIpc) is 3.68. The lowest BCUT2D eigenvalue weighted by molar-refractivity contribution is 0.671. The van der Waals surface area contributed by atoms with E-state index in [4.69, 9.17) is 29.3 Å². The van der Waals surface area contributed by atoms with Gasteiger partial charge in [-0.3, -0.25) is 0 Å². The largest absolute Gasteiger partial charge is 0.454 e. The highest BCUT2D eigenvalue weighted by atomic mass is 16.3. The first-order chi connectivity index (χ1) is 28.2. The Morgan fingerprint density at radius 3 is 1.49 bits per heavy atom. The van der Waals surface area contributed by atoms with Crippen LogP contribution in [0.2, 0.25) is 0 Å². The highest BCUT2D eigenvalue weighted by Gasteiger charge is 2.15. The zero-order chi connectivity index (χ0) is 37.7. The Bertz CT molecular complexity index is 3270. The number of aromatic nitrogens is 5. The second-order valence-corrected chi connectivity index (χ2v) is 14.1. The predicted molar refractivity (Wildman–Crippen MR) is 230 cm³/mol. The third-order valence-electron chi connectivity index (χ3n) is 10.5. The van der Waals surface area contributed by atoms with Gasteiger partial charge in [-0.1, -0.05) is 152 Å². The van der Waals surface area contributed by atoms with Gasteiger partial charge >= 0.3 is 0 Å². The standard InChI is InChI=1S/C51H31N5O/c1-3-10-32(11-4-1)33-22-24-37(25-23-33)50-54-49(36-12-5-2-6-13-36)55-51(56-50)40-15-9-14-38(30-40)34-18-20-35(21-19-34)39-26-28-43-45(31-39)53-47-44(52-43)29-27-42-41-16-7-8-17-46(41)57-48(42)47/h1-31H. The molecule has 57 heavy (non-hydrogen) atoms. The number of rotatable bonds is 6. The summed E-state index contributed by atoms with van der Waals surface area (Å²) in [6, 6.07) is 64.3. The van der Waals surface area contributed by atoms with Crippen LogP contribution in [0.5, 0.6) is 0 Å². The normalized spacial score (nSPS) is 11.5. The van der Waals surface area contributed by atoms with Gasteiger partial charge in [-0.25, -0.2) is 24.9 Å². The molecule has 11 aromatic rings. The molecule has 0 bridgehead atoms. The molecule has 6 heteroatoms. The van der Waals surface area contributed by atoms with Crippen molar-refractivity contribution in [2.24, 2.45) is 0 Å². The van der Waals surface area contributed by atoms with Gasteiger partial charge < -0.3 is 4.42 Å². The van der Waals surface area contributed by atoms with Crippen LogP contribution < -0.4 is 0 Å². The molecule has 0 spiro atoms. The third-order valence-corrected chi connectivity index (χ3v) is 10.5. The van der Waals surface area contributed by atoms with Crippen molar-refractivity contribution < 1.29 is 4.42 Å².